The van der Waals surface area contributed by atoms with Crippen LogP contribution in [0.5, 0.6) is 11.5 Å². The molecule has 1 N–H and O–H groups in total. The monoisotopic (exact) mass is 246 g/mol. The van der Waals surface area contributed by atoms with Crippen LogP contribution in [0.25, 0.3) is 0 Å². The average Bonchev–Trinajstić information content (AvgIpc) is 2.34. The average molecular weight is 246 g/mol. The van der Waals surface area contributed by atoms with E-state index in [0.717, 1.165) is 0 Å². The fourth-order valence-electron chi connectivity index (χ4n) is 1.63. The molecule has 0 atom stereocenters. The minimum Gasteiger partial charge on any atom is -0.493 e. The summed E-state index contributed by atoms with van der Waals surface area (Å²) in [6.45, 7) is -0.0307. The lowest BCUT2D eigenvalue weighted by Crippen LogP contribution is -2.00. The van der Waals surface area contributed by atoms with E-state index in [2.05, 4.69) is 0 Å². The molecule has 0 spiro atoms. The number of methoxy groups -OCH3 is 2. The lowest BCUT2D eigenvalue weighted by atomic mass is 10.0. The minimum absolute atomic E-state index is 0.0307. The van der Waals surface area contributed by atoms with Gasteiger partial charge in [-0.3, -0.25) is 0 Å². The van der Waals surface area contributed by atoms with Crippen molar-refractivity contribution in [3.63, 3.8) is 0 Å². The van der Waals surface area contributed by atoms with E-state index in [0.29, 0.717) is 24.2 Å². The van der Waals surface area contributed by atoms with Gasteiger partial charge in [0.15, 0.2) is 11.5 Å². The van der Waals surface area contributed by atoms with Gasteiger partial charge in [-0.1, -0.05) is 0 Å². The zero-order valence-electron chi connectivity index (χ0n) is 9.87. The number of aliphatic hydroxyl groups excluding tert-OH is 1. The van der Waals surface area contributed by atoms with E-state index >= 15 is 0 Å². The van der Waals surface area contributed by atoms with Crippen molar-refractivity contribution in [2.24, 2.45) is 0 Å². The van der Waals surface area contributed by atoms with Crippen molar-refractivity contribution in [1.29, 1.82) is 0 Å². The Bertz CT molecular complexity index is 367. The summed E-state index contributed by atoms with van der Waals surface area (Å²) < 4.78 is 35.7. The second kappa shape index (κ2) is 6.39. The quantitative estimate of drug-likeness (QED) is 0.838. The van der Waals surface area contributed by atoms with Crippen LogP contribution in [0, 0.1) is 0 Å². The first kappa shape index (κ1) is 13.7. The lowest BCUT2D eigenvalue weighted by Gasteiger charge is -2.14. The molecule has 0 bridgehead atoms. The van der Waals surface area contributed by atoms with Crippen LogP contribution in [0.4, 0.5) is 8.78 Å². The van der Waals surface area contributed by atoms with Crippen molar-refractivity contribution < 1.29 is 23.4 Å². The molecule has 0 aromatic heterocycles. The zero-order valence-corrected chi connectivity index (χ0v) is 9.87. The maximum Gasteiger partial charge on any atom is 0.264 e. The highest BCUT2D eigenvalue weighted by atomic mass is 19.3. The Balaban J connectivity index is 3.15. The van der Waals surface area contributed by atoms with Gasteiger partial charge >= 0.3 is 0 Å². The molecule has 1 aromatic carbocycles. The number of halogens is 2. The second-order valence-electron chi connectivity index (χ2n) is 3.53. The summed E-state index contributed by atoms with van der Waals surface area (Å²) >= 11 is 0. The second-order valence-corrected chi connectivity index (χ2v) is 3.53. The van der Waals surface area contributed by atoms with E-state index in [9.17, 15) is 8.78 Å². The van der Waals surface area contributed by atoms with Gasteiger partial charge in [-0.15, -0.1) is 0 Å². The number of aryl methyl sites for hydroxylation is 1. The molecule has 0 saturated carbocycles. The van der Waals surface area contributed by atoms with Crippen LogP contribution in [0.2, 0.25) is 0 Å². The molecule has 0 fully saturated rings. The predicted molar refractivity (Wildman–Crippen MR) is 59.9 cm³/mol. The Labute approximate surface area is 99.0 Å². The van der Waals surface area contributed by atoms with Crippen molar-refractivity contribution in [2.75, 3.05) is 20.8 Å². The first-order chi connectivity index (χ1) is 8.13. The molecule has 0 aliphatic heterocycles. The van der Waals surface area contributed by atoms with Crippen LogP contribution >= 0.6 is 0 Å². The first-order valence-electron chi connectivity index (χ1n) is 5.27. The third-order valence-electron chi connectivity index (χ3n) is 2.48. The third-order valence-corrected chi connectivity index (χ3v) is 2.48. The molecule has 0 saturated heterocycles. The van der Waals surface area contributed by atoms with Crippen molar-refractivity contribution >= 4 is 0 Å². The first-order valence-corrected chi connectivity index (χ1v) is 5.27. The molecular weight excluding hydrogens is 230 g/mol. The molecule has 96 valence electrons. The number of ether oxygens (including phenoxy) is 2. The fraction of sp³-hybridized carbons (Fsp3) is 0.500. The Morgan fingerprint density at radius 2 is 1.76 bits per heavy atom. The smallest absolute Gasteiger partial charge is 0.264 e. The number of hydrogen-bond acceptors (Lipinski definition) is 3. The maximum atomic E-state index is 12.8. The fourth-order valence-corrected chi connectivity index (χ4v) is 1.63. The standard InChI is InChI=1S/C12H16F2O3/c1-16-10-6-8(4-3-5-15)9(12(13)14)7-11(10)17-2/h6-7,12,15H,3-5H2,1-2H3. The van der Waals surface area contributed by atoms with E-state index in [1.165, 1.54) is 26.4 Å². The van der Waals surface area contributed by atoms with Gasteiger partial charge in [0.2, 0.25) is 0 Å². The molecule has 0 aliphatic rings. The van der Waals surface area contributed by atoms with Gasteiger partial charge in [-0.25, -0.2) is 8.78 Å². The van der Waals surface area contributed by atoms with E-state index in [-0.39, 0.29) is 17.9 Å². The molecule has 5 heteroatoms. The molecule has 17 heavy (non-hydrogen) atoms. The molecule has 1 rings (SSSR count). The molecule has 3 nitrogen and oxygen atoms in total. The van der Waals surface area contributed by atoms with Gasteiger partial charge in [0.25, 0.3) is 6.43 Å². The predicted octanol–water partition coefficient (Wildman–Crippen LogP) is 2.57. The number of rotatable bonds is 6. The highest BCUT2D eigenvalue weighted by Crippen LogP contribution is 2.35. The number of benzene rings is 1. The van der Waals surface area contributed by atoms with Crippen LogP contribution in [0.15, 0.2) is 12.1 Å². The van der Waals surface area contributed by atoms with Gasteiger partial charge in [-0.2, -0.15) is 0 Å². The molecule has 1 aromatic rings. The summed E-state index contributed by atoms with van der Waals surface area (Å²) in [6, 6.07) is 2.83. The van der Waals surface area contributed by atoms with E-state index in [4.69, 9.17) is 14.6 Å². The third kappa shape index (κ3) is 3.30. The van der Waals surface area contributed by atoms with Crippen LogP contribution in [-0.2, 0) is 6.42 Å². The number of alkyl halides is 2. The van der Waals surface area contributed by atoms with Crippen molar-refractivity contribution in [3.8, 4) is 11.5 Å². The lowest BCUT2D eigenvalue weighted by molar-refractivity contribution is 0.149. The Morgan fingerprint density at radius 3 is 2.24 bits per heavy atom. The summed E-state index contributed by atoms with van der Waals surface area (Å²) in [5, 5.41) is 8.74. The van der Waals surface area contributed by atoms with Crippen molar-refractivity contribution in [1.82, 2.24) is 0 Å². The summed E-state index contributed by atoms with van der Waals surface area (Å²) in [5.74, 6) is 0.709. The van der Waals surface area contributed by atoms with Gasteiger partial charge < -0.3 is 14.6 Å². The molecule has 0 amide bonds. The van der Waals surface area contributed by atoms with Crippen molar-refractivity contribution in [2.45, 2.75) is 19.3 Å². The molecule has 0 unspecified atom stereocenters. The van der Waals surface area contributed by atoms with Gasteiger partial charge in [0, 0.05) is 12.2 Å². The van der Waals surface area contributed by atoms with Crippen molar-refractivity contribution in [3.05, 3.63) is 23.3 Å². The van der Waals surface area contributed by atoms with Crippen LogP contribution in [-0.4, -0.2) is 25.9 Å². The molecule has 0 heterocycles. The summed E-state index contributed by atoms with van der Waals surface area (Å²) in [5.41, 5.74) is 0.405. The van der Waals surface area contributed by atoms with Gasteiger partial charge in [0.05, 0.1) is 14.2 Å². The minimum atomic E-state index is -2.57. The largest absolute Gasteiger partial charge is 0.493 e. The molecular formula is C12H16F2O3. The van der Waals surface area contributed by atoms with Crippen LogP contribution < -0.4 is 9.47 Å². The highest BCUT2D eigenvalue weighted by molar-refractivity contribution is 5.48. The normalized spacial score (nSPS) is 10.7. The highest BCUT2D eigenvalue weighted by Gasteiger charge is 2.17. The summed E-state index contributed by atoms with van der Waals surface area (Å²) in [4.78, 5) is 0. The Kier molecular flexibility index (Phi) is 5.15. The van der Waals surface area contributed by atoms with E-state index in [1.54, 1.807) is 0 Å². The molecule has 0 aliphatic carbocycles. The summed E-state index contributed by atoms with van der Waals surface area (Å²) in [6.07, 6.45) is -1.74. The molecule has 0 radical (unpaired) electrons. The van der Waals surface area contributed by atoms with Crippen LogP contribution in [0.3, 0.4) is 0 Å². The van der Waals surface area contributed by atoms with E-state index < -0.39 is 6.43 Å². The Hall–Kier alpha value is -1.36. The maximum absolute atomic E-state index is 12.8. The number of hydrogen-bond donors (Lipinski definition) is 1. The number of aliphatic hydroxyl groups is 1. The van der Waals surface area contributed by atoms with E-state index in [1.807, 2.05) is 0 Å². The van der Waals surface area contributed by atoms with Gasteiger partial charge in [-0.05, 0) is 30.5 Å². The zero-order chi connectivity index (χ0) is 12.8. The Morgan fingerprint density at radius 1 is 1.18 bits per heavy atom. The topological polar surface area (TPSA) is 38.7 Å². The van der Waals surface area contributed by atoms with Crippen LogP contribution in [0.1, 0.15) is 24.0 Å². The van der Waals surface area contributed by atoms with Gasteiger partial charge in [0.1, 0.15) is 0 Å². The SMILES string of the molecule is COc1cc(CCCO)c(C(F)F)cc1OC. The summed E-state index contributed by atoms with van der Waals surface area (Å²) in [7, 11) is 2.86.